The maximum atomic E-state index is 6.48. The zero-order valence-electron chi connectivity index (χ0n) is 23.5. The van der Waals surface area contributed by atoms with Gasteiger partial charge in [0.25, 0.3) is 0 Å². The number of aromatic nitrogens is 3. The molecular weight excluding hydrogens is 498 g/mol. The fourth-order valence-electron chi connectivity index (χ4n) is 4.85. The lowest BCUT2D eigenvalue weighted by Gasteiger charge is -2.31. The second-order valence-corrected chi connectivity index (χ2v) is 12.4. The lowest BCUT2D eigenvalue weighted by Crippen LogP contribution is -2.20. The van der Waals surface area contributed by atoms with Gasteiger partial charge in [0, 0.05) is 21.7 Å². The minimum absolute atomic E-state index is 0.134. The number of benzene rings is 4. The summed E-state index contributed by atoms with van der Waals surface area (Å²) < 4.78 is 0. The molecule has 4 aromatic carbocycles. The van der Waals surface area contributed by atoms with Gasteiger partial charge in [-0.1, -0.05) is 126 Å². The van der Waals surface area contributed by atoms with Gasteiger partial charge in [0.15, 0.2) is 17.5 Å². The lowest BCUT2D eigenvalue weighted by molar-refractivity contribution is 0.572. The molecule has 1 aromatic heterocycles. The number of rotatable bonds is 4. The molecule has 5 aromatic rings. The molecule has 3 nitrogen and oxygen atoms in total. The van der Waals surface area contributed by atoms with Crippen molar-refractivity contribution < 1.29 is 0 Å². The summed E-state index contributed by atoms with van der Waals surface area (Å²) in [5, 5.41) is 0.730. The summed E-state index contributed by atoms with van der Waals surface area (Å²) in [5.74, 6) is 1.98. The van der Waals surface area contributed by atoms with E-state index >= 15 is 0 Å². The van der Waals surface area contributed by atoms with Gasteiger partial charge >= 0.3 is 0 Å². The van der Waals surface area contributed by atoms with Crippen LogP contribution in [0, 0.1) is 0 Å². The number of nitrogens with zero attached hydrogens (tertiary/aromatic N) is 3. The Morgan fingerprint density at radius 2 is 0.872 bits per heavy atom. The number of halogens is 1. The van der Waals surface area contributed by atoms with Gasteiger partial charge in [0.1, 0.15) is 0 Å². The number of hydrogen-bond donors (Lipinski definition) is 0. The molecule has 4 heteroatoms. The van der Waals surface area contributed by atoms with E-state index in [4.69, 9.17) is 26.6 Å². The molecule has 0 fully saturated rings. The van der Waals surface area contributed by atoms with E-state index in [0.717, 1.165) is 27.3 Å². The molecule has 0 radical (unpaired) electrons. The minimum Gasteiger partial charge on any atom is -0.208 e. The quantitative estimate of drug-likeness (QED) is 0.231. The first-order chi connectivity index (χ1) is 18.5. The van der Waals surface area contributed by atoms with Crippen molar-refractivity contribution in [3.63, 3.8) is 0 Å². The van der Waals surface area contributed by atoms with Crippen LogP contribution >= 0.6 is 11.6 Å². The van der Waals surface area contributed by atoms with Crippen molar-refractivity contribution in [1.29, 1.82) is 0 Å². The molecule has 1 heterocycles. The Hall–Kier alpha value is -3.82. The topological polar surface area (TPSA) is 38.7 Å². The second-order valence-electron chi connectivity index (χ2n) is 12.0. The highest BCUT2D eigenvalue weighted by molar-refractivity contribution is 6.30. The zero-order chi connectivity index (χ0) is 27.8. The maximum Gasteiger partial charge on any atom is 0.164 e. The molecule has 5 rings (SSSR count). The van der Waals surface area contributed by atoms with E-state index in [9.17, 15) is 0 Å². The normalized spacial score (nSPS) is 12.0. The smallest absolute Gasteiger partial charge is 0.164 e. The molecule has 0 spiro atoms. The summed E-state index contributed by atoms with van der Waals surface area (Å²) in [6.45, 7) is 13.5. The highest BCUT2D eigenvalue weighted by Crippen LogP contribution is 2.43. The fraction of sp³-hybridized carbons (Fsp3) is 0.229. The molecule has 0 aliphatic heterocycles. The standard InChI is InChI=1S/C35H34ClN3/c1-34(2,3)28-21-26(22-29(35(4,5)6)30(28)25-18-13-19-27(36)20-25)33-38-31(23-14-9-7-10-15-23)37-32(39-33)24-16-11-8-12-17-24/h7-22H,1-6H3. The van der Waals surface area contributed by atoms with Crippen LogP contribution < -0.4 is 0 Å². The third kappa shape index (κ3) is 5.79. The summed E-state index contributed by atoms with van der Waals surface area (Å²) in [7, 11) is 0. The monoisotopic (exact) mass is 531 g/mol. The Morgan fingerprint density at radius 1 is 0.462 bits per heavy atom. The predicted octanol–water partition coefficient (Wildman–Crippen LogP) is 9.79. The Balaban J connectivity index is 1.82. The lowest BCUT2D eigenvalue weighted by atomic mass is 9.73. The summed E-state index contributed by atoms with van der Waals surface area (Å²) in [6.07, 6.45) is 0. The van der Waals surface area contributed by atoms with Gasteiger partial charge in [-0.25, -0.2) is 15.0 Å². The first-order valence-electron chi connectivity index (χ1n) is 13.3. The molecule has 0 aliphatic rings. The summed E-state index contributed by atoms with van der Waals surface area (Å²) in [6, 6.07) is 32.9. The predicted molar refractivity (Wildman–Crippen MR) is 164 cm³/mol. The van der Waals surface area contributed by atoms with Crippen molar-refractivity contribution in [3.05, 3.63) is 113 Å². The van der Waals surface area contributed by atoms with E-state index in [2.05, 4.69) is 65.8 Å². The van der Waals surface area contributed by atoms with Gasteiger partial charge in [-0.05, 0) is 57.3 Å². The Kier molecular flexibility index (Phi) is 7.13. The molecule has 0 aliphatic carbocycles. The molecule has 0 unspecified atom stereocenters. The average Bonchev–Trinajstić information content (AvgIpc) is 2.92. The van der Waals surface area contributed by atoms with Crippen LogP contribution in [0.2, 0.25) is 5.02 Å². The molecule has 0 atom stereocenters. The van der Waals surface area contributed by atoms with Crippen LogP contribution in [0.5, 0.6) is 0 Å². The fourth-order valence-corrected chi connectivity index (χ4v) is 5.04. The van der Waals surface area contributed by atoms with E-state index in [1.165, 1.54) is 16.7 Å². The molecule has 39 heavy (non-hydrogen) atoms. The van der Waals surface area contributed by atoms with Gasteiger partial charge in [-0.2, -0.15) is 0 Å². The molecule has 0 saturated carbocycles. The second kappa shape index (κ2) is 10.4. The van der Waals surface area contributed by atoms with Crippen molar-refractivity contribution in [3.8, 4) is 45.3 Å². The molecule has 0 bridgehead atoms. The van der Waals surface area contributed by atoms with Crippen molar-refractivity contribution in [2.75, 3.05) is 0 Å². The van der Waals surface area contributed by atoms with E-state index in [1.54, 1.807) is 0 Å². The third-order valence-corrected chi connectivity index (χ3v) is 7.06. The zero-order valence-corrected chi connectivity index (χ0v) is 24.2. The minimum atomic E-state index is -0.134. The van der Waals surface area contributed by atoms with E-state index in [0.29, 0.717) is 17.5 Å². The maximum absolute atomic E-state index is 6.48. The van der Waals surface area contributed by atoms with Crippen LogP contribution in [-0.4, -0.2) is 15.0 Å². The first kappa shape index (κ1) is 26.8. The largest absolute Gasteiger partial charge is 0.208 e. The van der Waals surface area contributed by atoms with E-state index in [1.807, 2.05) is 72.8 Å². The third-order valence-electron chi connectivity index (χ3n) is 6.83. The molecule has 196 valence electrons. The SMILES string of the molecule is CC(C)(C)c1cc(-c2nc(-c3ccccc3)nc(-c3ccccc3)n2)cc(C(C)(C)C)c1-c1cccc(Cl)c1. The van der Waals surface area contributed by atoms with E-state index < -0.39 is 0 Å². The van der Waals surface area contributed by atoms with Crippen LogP contribution in [-0.2, 0) is 10.8 Å². The highest BCUT2D eigenvalue weighted by atomic mass is 35.5. The van der Waals surface area contributed by atoms with Crippen molar-refractivity contribution in [2.45, 2.75) is 52.4 Å². The van der Waals surface area contributed by atoms with Gasteiger partial charge in [-0.3, -0.25) is 0 Å². The van der Waals surface area contributed by atoms with Crippen molar-refractivity contribution >= 4 is 11.6 Å². The molecular formula is C35H34ClN3. The Labute approximate surface area is 237 Å². The van der Waals surface area contributed by atoms with Crippen LogP contribution in [0.3, 0.4) is 0 Å². The van der Waals surface area contributed by atoms with Crippen LogP contribution in [0.1, 0.15) is 52.7 Å². The summed E-state index contributed by atoms with van der Waals surface area (Å²) in [4.78, 5) is 14.9. The molecule has 0 saturated heterocycles. The average molecular weight is 532 g/mol. The van der Waals surface area contributed by atoms with Crippen molar-refractivity contribution in [1.82, 2.24) is 15.0 Å². The number of hydrogen-bond acceptors (Lipinski definition) is 3. The first-order valence-corrected chi connectivity index (χ1v) is 13.7. The summed E-state index contributed by atoms with van der Waals surface area (Å²) in [5.41, 5.74) is 7.44. The molecule has 0 N–H and O–H groups in total. The van der Waals surface area contributed by atoms with Crippen LogP contribution in [0.4, 0.5) is 0 Å². The van der Waals surface area contributed by atoms with Crippen LogP contribution in [0.15, 0.2) is 97.1 Å². The van der Waals surface area contributed by atoms with Gasteiger partial charge in [0.2, 0.25) is 0 Å². The molecule has 0 amide bonds. The summed E-state index contributed by atoms with van der Waals surface area (Å²) >= 11 is 6.48. The van der Waals surface area contributed by atoms with E-state index in [-0.39, 0.29) is 10.8 Å². The Bertz CT molecular complexity index is 1520. The van der Waals surface area contributed by atoms with Gasteiger partial charge in [0.05, 0.1) is 0 Å². The highest BCUT2D eigenvalue weighted by Gasteiger charge is 2.28. The van der Waals surface area contributed by atoms with Gasteiger partial charge < -0.3 is 0 Å². The Morgan fingerprint density at radius 3 is 1.28 bits per heavy atom. The van der Waals surface area contributed by atoms with Crippen molar-refractivity contribution in [2.24, 2.45) is 0 Å². The van der Waals surface area contributed by atoms with Crippen LogP contribution in [0.25, 0.3) is 45.3 Å². The van der Waals surface area contributed by atoms with Gasteiger partial charge in [-0.15, -0.1) is 0 Å².